The molecule has 0 unspecified atom stereocenters. The molecule has 0 atom stereocenters. The highest BCUT2D eigenvalue weighted by Crippen LogP contribution is 2.23. The van der Waals surface area contributed by atoms with E-state index in [0.29, 0.717) is 11.6 Å². The molecule has 2 rings (SSSR count). The van der Waals surface area contributed by atoms with E-state index in [1.165, 1.54) is 0 Å². The van der Waals surface area contributed by atoms with E-state index in [2.05, 4.69) is 29.5 Å². The van der Waals surface area contributed by atoms with Gasteiger partial charge in [0.2, 0.25) is 0 Å². The van der Waals surface area contributed by atoms with Gasteiger partial charge in [-0.3, -0.25) is 9.59 Å². The Balaban J connectivity index is 1.94. The molecular weight excluding hydrogens is 322 g/mol. The number of thiazole rings is 1. The summed E-state index contributed by atoms with van der Waals surface area (Å²) in [5.74, 6) is -0.709. The van der Waals surface area contributed by atoms with Crippen molar-refractivity contribution in [2.75, 3.05) is 5.32 Å². The molecule has 0 aliphatic rings. The van der Waals surface area contributed by atoms with Crippen LogP contribution in [0.4, 0.5) is 5.69 Å². The molecule has 0 aliphatic carbocycles. The summed E-state index contributed by atoms with van der Waals surface area (Å²) in [5, 5.41) is 8.22. The number of carbonyl (C=O) groups is 2. The number of anilines is 1. The zero-order valence-electron chi connectivity index (χ0n) is 14.4. The summed E-state index contributed by atoms with van der Waals surface area (Å²) in [6.07, 6.45) is 0. The number of aromatic nitrogens is 1. The van der Waals surface area contributed by atoms with Crippen LogP contribution >= 0.6 is 11.3 Å². The van der Waals surface area contributed by atoms with Crippen molar-refractivity contribution in [2.24, 2.45) is 0 Å². The number of carbonyl (C=O) groups excluding carboxylic acids is 2. The first kappa shape index (κ1) is 18.1. The fourth-order valence-corrected chi connectivity index (χ4v) is 3.05. The van der Waals surface area contributed by atoms with Gasteiger partial charge in [0.1, 0.15) is 0 Å². The first-order chi connectivity index (χ1) is 11.4. The van der Waals surface area contributed by atoms with Crippen LogP contribution in [-0.4, -0.2) is 16.8 Å². The van der Waals surface area contributed by atoms with Crippen LogP contribution in [0.15, 0.2) is 29.6 Å². The minimum absolute atomic E-state index is 0.251. The fourth-order valence-electron chi connectivity index (χ4n) is 2.21. The Morgan fingerprint density at radius 1 is 1.08 bits per heavy atom. The highest BCUT2D eigenvalue weighted by atomic mass is 32.1. The second-order valence-electron chi connectivity index (χ2n) is 6.21. The molecule has 2 amide bonds. The highest BCUT2D eigenvalue weighted by Gasteiger charge is 2.16. The normalized spacial score (nSPS) is 10.9. The zero-order chi connectivity index (χ0) is 17.7. The summed E-state index contributed by atoms with van der Waals surface area (Å²) in [4.78, 5) is 28.5. The molecule has 2 aromatic rings. The van der Waals surface area contributed by atoms with E-state index in [-0.39, 0.29) is 12.5 Å². The SMILES string of the molecule is CC(C)c1nc(CNC(=O)C(=O)Nc2ccccc2C(C)C)cs1. The number of rotatable bonds is 5. The molecule has 6 heteroatoms. The zero-order valence-corrected chi connectivity index (χ0v) is 15.2. The smallest absolute Gasteiger partial charge is 0.313 e. The molecule has 1 aromatic heterocycles. The maximum Gasteiger partial charge on any atom is 0.313 e. The fraction of sp³-hybridized carbons (Fsp3) is 0.389. The van der Waals surface area contributed by atoms with Gasteiger partial charge >= 0.3 is 11.8 Å². The summed E-state index contributed by atoms with van der Waals surface area (Å²) in [5.41, 5.74) is 2.44. The molecule has 0 saturated heterocycles. The summed E-state index contributed by atoms with van der Waals surface area (Å²) >= 11 is 1.56. The summed E-state index contributed by atoms with van der Waals surface area (Å²) in [6.45, 7) is 8.47. The predicted octanol–water partition coefficient (Wildman–Crippen LogP) is 3.64. The minimum Gasteiger partial charge on any atom is -0.342 e. The molecule has 0 spiro atoms. The topological polar surface area (TPSA) is 71.1 Å². The third-order valence-electron chi connectivity index (χ3n) is 3.53. The van der Waals surface area contributed by atoms with Crippen molar-refractivity contribution in [1.29, 1.82) is 0 Å². The van der Waals surface area contributed by atoms with E-state index < -0.39 is 11.8 Å². The maximum absolute atomic E-state index is 12.1. The number of para-hydroxylation sites is 1. The number of amides is 2. The molecule has 0 saturated carbocycles. The summed E-state index contributed by atoms with van der Waals surface area (Å²) in [7, 11) is 0. The van der Waals surface area contributed by atoms with E-state index in [0.717, 1.165) is 16.3 Å². The van der Waals surface area contributed by atoms with Gasteiger partial charge in [-0.1, -0.05) is 45.9 Å². The quantitative estimate of drug-likeness (QED) is 0.813. The van der Waals surface area contributed by atoms with Crippen LogP contribution < -0.4 is 10.6 Å². The molecule has 0 radical (unpaired) electrons. The van der Waals surface area contributed by atoms with Gasteiger partial charge in [0, 0.05) is 17.0 Å². The number of hydrogen-bond acceptors (Lipinski definition) is 4. The lowest BCUT2D eigenvalue weighted by Crippen LogP contribution is -2.35. The van der Waals surface area contributed by atoms with Gasteiger partial charge in [0.25, 0.3) is 0 Å². The van der Waals surface area contributed by atoms with Crippen molar-refractivity contribution in [2.45, 2.75) is 46.1 Å². The summed E-state index contributed by atoms with van der Waals surface area (Å²) < 4.78 is 0. The van der Waals surface area contributed by atoms with Gasteiger partial charge in [-0.25, -0.2) is 4.98 Å². The molecule has 0 aliphatic heterocycles. The van der Waals surface area contributed by atoms with Crippen molar-refractivity contribution in [3.63, 3.8) is 0 Å². The maximum atomic E-state index is 12.1. The average Bonchev–Trinajstić information content (AvgIpc) is 3.02. The predicted molar refractivity (Wildman–Crippen MR) is 97.2 cm³/mol. The van der Waals surface area contributed by atoms with Crippen LogP contribution in [0.3, 0.4) is 0 Å². The molecular formula is C18H23N3O2S. The second kappa shape index (κ2) is 8.06. The van der Waals surface area contributed by atoms with Gasteiger partial charge in [-0.05, 0) is 17.5 Å². The van der Waals surface area contributed by atoms with Crippen molar-refractivity contribution in [3.05, 3.63) is 45.9 Å². The monoisotopic (exact) mass is 345 g/mol. The molecule has 2 N–H and O–H groups in total. The average molecular weight is 345 g/mol. The Bertz CT molecular complexity index is 723. The molecule has 24 heavy (non-hydrogen) atoms. The van der Waals surface area contributed by atoms with E-state index in [1.54, 1.807) is 17.4 Å². The van der Waals surface area contributed by atoms with Crippen LogP contribution in [0.5, 0.6) is 0 Å². The van der Waals surface area contributed by atoms with Crippen LogP contribution in [0.2, 0.25) is 0 Å². The molecule has 128 valence electrons. The number of nitrogens with zero attached hydrogens (tertiary/aromatic N) is 1. The van der Waals surface area contributed by atoms with Crippen molar-refractivity contribution in [3.8, 4) is 0 Å². The Morgan fingerprint density at radius 2 is 1.79 bits per heavy atom. The van der Waals surface area contributed by atoms with E-state index in [4.69, 9.17) is 0 Å². The molecule has 0 bridgehead atoms. The van der Waals surface area contributed by atoms with Crippen LogP contribution in [-0.2, 0) is 16.1 Å². The van der Waals surface area contributed by atoms with Gasteiger partial charge in [0.15, 0.2) is 0 Å². The van der Waals surface area contributed by atoms with E-state index in [9.17, 15) is 9.59 Å². The summed E-state index contributed by atoms with van der Waals surface area (Å²) in [6, 6.07) is 7.50. The Kier molecular flexibility index (Phi) is 6.09. The number of nitrogens with one attached hydrogen (secondary N) is 2. The van der Waals surface area contributed by atoms with Crippen molar-refractivity contribution < 1.29 is 9.59 Å². The first-order valence-electron chi connectivity index (χ1n) is 8.01. The molecule has 0 fully saturated rings. The first-order valence-corrected chi connectivity index (χ1v) is 8.88. The molecule has 5 nitrogen and oxygen atoms in total. The van der Waals surface area contributed by atoms with Gasteiger partial charge < -0.3 is 10.6 Å². The Labute approximate surface area is 146 Å². The molecule has 1 heterocycles. The van der Waals surface area contributed by atoms with Gasteiger partial charge in [-0.15, -0.1) is 11.3 Å². The van der Waals surface area contributed by atoms with Crippen LogP contribution in [0.1, 0.15) is 55.8 Å². The lowest BCUT2D eigenvalue weighted by molar-refractivity contribution is -0.136. The van der Waals surface area contributed by atoms with Crippen LogP contribution in [0.25, 0.3) is 0 Å². The highest BCUT2D eigenvalue weighted by molar-refractivity contribution is 7.09. The molecule has 1 aromatic carbocycles. The Morgan fingerprint density at radius 3 is 2.42 bits per heavy atom. The third-order valence-corrected chi connectivity index (χ3v) is 4.72. The standard InChI is InChI=1S/C18H23N3O2S/c1-11(2)14-7-5-6-8-15(14)21-17(23)16(22)19-9-13-10-24-18(20-13)12(3)4/h5-8,10-12H,9H2,1-4H3,(H,19,22)(H,21,23). The number of hydrogen-bond donors (Lipinski definition) is 2. The second-order valence-corrected chi connectivity index (χ2v) is 7.10. The third kappa shape index (κ3) is 4.64. The van der Waals surface area contributed by atoms with E-state index in [1.807, 2.05) is 37.4 Å². The minimum atomic E-state index is -0.664. The lowest BCUT2D eigenvalue weighted by atomic mass is 10.0. The van der Waals surface area contributed by atoms with Crippen molar-refractivity contribution >= 4 is 28.8 Å². The van der Waals surface area contributed by atoms with E-state index >= 15 is 0 Å². The van der Waals surface area contributed by atoms with Crippen molar-refractivity contribution in [1.82, 2.24) is 10.3 Å². The van der Waals surface area contributed by atoms with Gasteiger partial charge in [0.05, 0.1) is 17.2 Å². The number of benzene rings is 1. The van der Waals surface area contributed by atoms with Gasteiger partial charge in [-0.2, -0.15) is 0 Å². The lowest BCUT2D eigenvalue weighted by Gasteiger charge is -2.13. The largest absolute Gasteiger partial charge is 0.342 e. The van der Waals surface area contributed by atoms with Crippen LogP contribution in [0, 0.1) is 0 Å². The Hall–Kier alpha value is -2.21.